The summed E-state index contributed by atoms with van der Waals surface area (Å²) in [5.41, 5.74) is 3.27. The van der Waals surface area contributed by atoms with Gasteiger partial charge in [-0.15, -0.1) is 0 Å². The molecule has 0 aliphatic heterocycles. The third-order valence-corrected chi connectivity index (χ3v) is 7.21. The maximum atomic E-state index is 14.1. The number of sulfone groups is 1. The van der Waals surface area contributed by atoms with Gasteiger partial charge in [-0.05, 0) is 35.4 Å². The standard InChI is InChI=1S/C27H30N2O2S/c1-28(2)25(20-22-14-8-5-9-15-22)27(32(30,31)24-18-12-7-13-19-24)26(29(3)4)21-23-16-10-6-11-17-23/h5-21,27H,1-4H3. The van der Waals surface area contributed by atoms with E-state index in [9.17, 15) is 8.42 Å². The quantitative estimate of drug-likeness (QED) is 0.486. The molecule has 0 radical (unpaired) electrons. The molecule has 3 aromatic carbocycles. The number of hydrogen-bond donors (Lipinski definition) is 0. The molecule has 0 heterocycles. The van der Waals surface area contributed by atoms with Gasteiger partial charge in [-0.1, -0.05) is 78.9 Å². The Hall–Kier alpha value is -3.31. The summed E-state index contributed by atoms with van der Waals surface area (Å²) >= 11 is 0. The Balaban J connectivity index is 2.29. The van der Waals surface area contributed by atoms with Gasteiger partial charge in [-0.25, -0.2) is 8.42 Å². The van der Waals surface area contributed by atoms with E-state index in [4.69, 9.17) is 0 Å². The van der Waals surface area contributed by atoms with Gasteiger partial charge in [-0.3, -0.25) is 0 Å². The summed E-state index contributed by atoms with van der Waals surface area (Å²) in [6, 6.07) is 28.3. The van der Waals surface area contributed by atoms with Gasteiger partial charge in [-0.2, -0.15) is 0 Å². The first-order chi connectivity index (χ1) is 15.3. The molecule has 0 unspecified atom stereocenters. The molecule has 0 saturated carbocycles. The molecule has 4 nitrogen and oxygen atoms in total. The maximum Gasteiger partial charge on any atom is 0.192 e. The van der Waals surface area contributed by atoms with Crippen molar-refractivity contribution in [2.24, 2.45) is 0 Å². The molecule has 166 valence electrons. The summed E-state index contributed by atoms with van der Waals surface area (Å²) < 4.78 is 28.1. The molecule has 0 fully saturated rings. The lowest BCUT2D eigenvalue weighted by Crippen LogP contribution is -2.37. The maximum absolute atomic E-state index is 14.1. The number of rotatable bonds is 8. The molecule has 0 aromatic heterocycles. The molecular weight excluding hydrogens is 416 g/mol. The van der Waals surface area contributed by atoms with Crippen molar-refractivity contribution in [3.63, 3.8) is 0 Å². The molecule has 0 saturated heterocycles. The van der Waals surface area contributed by atoms with Crippen LogP contribution < -0.4 is 0 Å². The zero-order valence-electron chi connectivity index (χ0n) is 19.0. The van der Waals surface area contributed by atoms with Crippen LogP contribution in [0.1, 0.15) is 11.1 Å². The second kappa shape index (κ2) is 10.3. The predicted octanol–water partition coefficient (Wildman–Crippen LogP) is 5.03. The van der Waals surface area contributed by atoms with Crippen LogP contribution in [0.15, 0.2) is 107 Å². The van der Waals surface area contributed by atoms with E-state index in [1.54, 1.807) is 24.3 Å². The summed E-state index contributed by atoms with van der Waals surface area (Å²) in [5, 5.41) is -0.893. The number of hydrogen-bond acceptors (Lipinski definition) is 4. The fraction of sp³-hybridized carbons (Fsp3) is 0.185. The molecular formula is C27H30N2O2S. The number of nitrogens with zero attached hydrogens (tertiary/aromatic N) is 2. The van der Waals surface area contributed by atoms with Crippen molar-refractivity contribution in [1.29, 1.82) is 0 Å². The molecule has 3 aromatic rings. The molecule has 0 aliphatic carbocycles. The molecule has 0 atom stereocenters. The van der Waals surface area contributed by atoms with Crippen LogP contribution >= 0.6 is 0 Å². The van der Waals surface area contributed by atoms with Crippen LogP contribution in [-0.4, -0.2) is 51.7 Å². The van der Waals surface area contributed by atoms with Crippen molar-refractivity contribution in [2.75, 3.05) is 28.2 Å². The smallest absolute Gasteiger partial charge is 0.192 e. The van der Waals surface area contributed by atoms with Crippen molar-refractivity contribution in [1.82, 2.24) is 9.80 Å². The Morgan fingerprint density at radius 1 is 0.625 bits per heavy atom. The van der Waals surface area contributed by atoms with Crippen LogP contribution in [0.2, 0.25) is 0 Å². The van der Waals surface area contributed by atoms with Crippen molar-refractivity contribution in [3.8, 4) is 0 Å². The van der Waals surface area contributed by atoms with Gasteiger partial charge in [0.15, 0.2) is 9.84 Å². The zero-order chi connectivity index (χ0) is 23.1. The first-order valence-corrected chi connectivity index (χ1v) is 12.0. The Kier molecular flexibility index (Phi) is 7.54. The highest BCUT2D eigenvalue weighted by Gasteiger charge is 2.36. The van der Waals surface area contributed by atoms with Crippen molar-refractivity contribution >= 4 is 22.0 Å². The summed E-state index contributed by atoms with van der Waals surface area (Å²) in [6.07, 6.45) is 3.90. The van der Waals surface area contributed by atoms with Gasteiger partial charge in [0.25, 0.3) is 0 Å². The highest BCUT2D eigenvalue weighted by atomic mass is 32.2. The van der Waals surface area contributed by atoms with E-state index in [0.29, 0.717) is 16.3 Å². The third kappa shape index (κ3) is 5.48. The topological polar surface area (TPSA) is 40.6 Å². The predicted molar refractivity (Wildman–Crippen MR) is 134 cm³/mol. The summed E-state index contributed by atoms with van der Waals surface area (Å²) in [5.74, 6) is 0. The van der Waals surface area contributed by atoms with Crippen molar-refractivity contribution in [2.45, 2.75) is 10.1 Å². The van der Waals surface area contributed by atoms with Gasteiger partial charge >= 0.3 is 0 Å². The normalized spacial score (nSPS) is 13.5. The number of benzene rings is 3. The summed E-state index contributed by atoms with van der Waals surface area (Å²) in [7, 11) is 3.80. The molecule has 0 N–H and O–H groups in total. The molecule has 3 rings (SSSR count). The van der Waals surface area contributed by atoms with Crippen molar-refractivity contribution in [3.05, 3.63) is 114 Å². The van der Waals surface area contributed by atoms with Gasteiger partial charge in [0, 0.05) is 39.6 Å². The minimum Gasteiger partial charge on any atom is -0.380 e. The average Bonchev–Trinajstić information content (AvgIpc) is 2.79. The second-order valence-electron chi connectivity index (χ2n) is 7.99. The van der Waals surface area contributed by atoms with Gasteiger partial charge in [0.1, 0.15) is 5.25 Å². The van der Waals surface area contributed by atoms with E-state index in [1.165, 1.54) is 0 Å². The second-order valence-corrected chi connectivity index (χ2v) is 10.0. The minimum atomic E-state index is -3.75. The summed E-state index contributed by atoms with van der Waals surface area (Å²) in [4.78, 5) is 4.08. The average molecular weight is 447 g/mol. The lowest BCUT2D eigenvalue weighted by molar-refractivity contribution is 0.449. The van der Waals surface area contributed by atoms with Crippen LogP contribution in [0.5, 0.6) is 0 Å². The first-order valence-electron chi connectivity index (χ1n) is 10.5. The van der Waals surface area contributed by atoms with Crippen LogP contribution in [0, 0.1) is 0 Å². The Morgan fingerprint density at radius 2 is 0.969 bits per heavy atom. The van der Waals surface area contributed by atoms with Gasteiger partial charge < -0.3 is 9.80 Å². The molecule has 0 bridgehead atoms. The molecule has 5 heteroatoms. The summed E-state index contributed by atoms with van der Waals surface area (Å²) in [6.45, 7) is 0. The Labute approximate surface area is 192 Å². The van der Waals surface area contributed by atoms with Crippen molar-refractivity contribution < 1.29 is 8.42 Å². The van der Waals surface area contributed by atoms with Gasteiger partial charge in [0.2, 0.25) is 0 Å². The molecule has 0 aliphatic rings. The highest BCUT2D eigenvalue weighted by Crippen LogP contribution is 2.32. The zero-order valence-corrected chi connectivity index (χ0v) is 19.8. The molecule has 32 heavy (non-hydrogen) atoms. The van der Waals surface area contributed by atoms with E-state index in [2.05, 4.69) is 0 Å². The van der Waals surface area contributed by atoms with E-state index < -0.39 is 15.1 Å². The molecule has 0 spiro atoms. The third-order valence-electron chi connectivity index (χ3n) is 5.18. The highest BCUT2D eigenvalue weighted by molar-refractivity contribution is 7.92. The minimum absolute atomic E-state index is 0.298. The van der Waals surface area contributed by atoms with E-state index in [0.717, 1.165) is 11.1 Å². The van der Waals surface area contributed by atoms with Crippen LogP contribution in [0.25, 0.3) is 12.2 Å². The first kappa shape index (κ1) is 23.4. The van der Waals surface area contributed by atoms with E-state index >= 15 is 0 Å². The lowest BCUT2D eigenvalue weighted by Gasteiger charge is -2.32. The van der Waals surface area contributed by atoms with E-state index in [1.807, 2.05) is 117 Å². The van der Waals surface area contributed by atoms with Crippen LogP contribution in [0.4, 0.5) is 0 Å². The fourth-order valence-corrected chi connectivity index (χ4v) is 5.54. The molecule has 0 amide bonds. The van der Waals surface area contributed by atoms with Crippen LogP contribution in [-0.2, 0) is 9.84 Å². The van der Waals surface area contributed by atoms with Crippen LogP contribution in [0.3, 0.4) is 0 Å². The fourth-order valence-electron chi connectivity index (χ4n) is 3.53. The van der Waals surface area contributed by atoms with Gasteiger partial charge in [0.05, 0.1) is 4.90 Å². The lowest BCUT2D eigenvalue weighted by atomic mass is 10.1. The SMILES string of the molecule is CN(C)C(=Cc1ccccc1)C(C(=Cc1ccccc1)N(C)C)S(=O)(=O)c1ccccc1. The Bertz CT molecular complexity index is 1110. The monoisotopic (exact) mass is 446 g/mol. The Morgan fingerprint density at radius 3 is 1.31 bits per heavy atom. The van der Waals surface area contributed by atoms with E-state index in [-0.39, 0.29) is 0 Å². The largest absolute Gasteiger partial charge is 0.380 e.